The molecule has 6 heteroatoms. The minimum Gasteiger partial charge on any atom is -0.492 e. The summed E-state index contributed by atoms with van der Waals surface area (Å²) in [6.07, 6.45) is 0. The summed E-state index contributed by atoms with van der Waals surface area (Å²) in [4.78, 5) is 17.2. The maximum absolute atomic E-state index is 12.4. The molecule has 0 saturated heterocycles. The third-order valence-corrected chi connectivity index (χ3v) is 4.65. The molecular formula is C19H20BrNO4. The van der Waals surface area contributed by atoms with E-state index in [0.717, 1.165) is 15.6 Å². The van der Waals surface area contributed by atoms with E-state index in [9.17, 15) is 4.79 Å². The van der Waals surface area contributed by atoms with Crippen molar-refractivity contribution in [2.24, 2.45) is 0 Å². The molecule has 0 fully saturated rings. The third kappa shape index (κ3) is 3.86. The summed E-state index contributed by atoms with van der Waals surface area (Å²) in [6.45, 7) is 3.47. The van der Waals surface area contributed by atoms with Crippen LogP contribution in [-0.4, -0.2) is 26.2 Å². The first kappa shape index (κ1) is 17.9. The number of hydrogen-bond acceptors (Lipinski definition) is 4. The van der Waals surface area contributed by atoms with Crippen molar-refractivity contribution in [2.75, 3.05) is 20.3 Å². The SMILES string of the molecule is CONC(=O)c1cc(Br)cc2c1[C@](C)(COCc1ccccc1)CO2. The predicted octanol–water partition coefficient (Wildman–Crippen LogP) is 3.61. The van der Waals surface area contributed by atoms with E-state index in [1.165, 1.54) is 7.11 Å². The highest BCUT2D eigenvalue weighted by Crippen LogP contribution is 2.43. The van der Waals surface area contributed by atoms with Gasteiger partial charge in [0.25, 0.3) is 5.91 Å². The Morgan fingerprint density at radius 2 is 2.08 bits per heavy atom. The van der Waals surface area contributed by atoms with E-state index >= 15 is 0 Å². The molecule has 3 rings (SSSR count). The Morgan fingerprint density at radius 3 is 2.80 bits per heavy atom. The Labute approximate surface area is 155 Å². The minimum absolute atomic E-state index is 0.306. The summed E-state index contributed by atoms with van der Waals surface area (Å²) in [5.74, 6) is 0.390. The van der Waals surface area contributed by atoms with Gasteiger partial charge in [0, 0.05) is 10.0 Å². The molecule has 1 heterocycles. The van der Waals surface area contributed by atoms with E-state index in [0.29, 0.717) is 31.1 Å². The van der Waals surface area contributed by atoms with Crippen LogP contribution in [0.2, 0.25) is 0 Å². The van der Waals surface area contributed by atoms with Gasteiger partial charge < -0.3 is 9.47 Å². The second kappa shape index (κ2) is 7.56. The van der Waals surface area contributed by atoms with Crippen molar-refractivity contribution in [1.29, 1.82) is 0 Å². The van der Waals surface area contributed by atoms with Crippen LogP contribution in [0.5, 0.6) is 5.75 Å². The molecule has 1 N–H and O–H groups in total. The molecule has 0 bridgehead atoms. The summed E-state index contributed by atoms with van der Waals surface area (Å²) in [5, 5.41) is 0. The molecular weight excluding hydrogens is 386 g/mol. The van der Waals surface area contributed by atoms with Crippen LogP contribution in [0, 0.1) is 0 Å². The quantitative estimate of drug-likeness (QED) is 0.745. The second-order valence-corrected chi connectivity index (χ2v) is 7.21. The summed E-state index contributed by atoms with van der Waals surface area (Å²) < 4.78 is 12.5. The summed E-state index contributed by atoms with van der Waals surface area (Å²) >= 11 is 3.42. The number of hydroxylamine groups is 1. The lowest BCUT2D eigenvalue weighted by Gasteiger charge is -2.24. The van der Waals surface area contributed by atoms with Crippen LogP contribution >= 0.6 is 15.9 Å². The van der Waals surface area contributed by atoms with Crippen molar-refractivity contribution in [3.8, 4) is 5.75 Å². The van der Waals surface area contributed by atoms with E-state index in [1.807, 2.05) is 43.3 Å². The third-order valence-electron chi connectivity index (χ3n) is 4.19. The van der Waals surface area contributed by atoms with Gasteiger partial charge in [-0.05, 0) is 24.6 Å². The molecule has 0 spiro atoms. The largest absolute Gasteiger partial charge is 0.492 e. The molecule has 132 valence electrons. The lowest BCUT2D eigenvalue weighted by atomic mass is 9.82. The number of hydrogen-bond donors (Lipinski definition) is 1. The fraction of sp³-hybridized carbons (Fsp3) is 0.316. The van der Waals surface area contributed by atoms with Crippen molar-refractivity contribution in [3.05, 3.63) is 63.6 Å². The number of fused-ring (bicyclic) bond motifs is 1. The predicted molar refractivity (Wildman–Crippen MR) is 97.6 cm³/mol. The Balaban J connectivity index is 1.82. The molecule has 1 atom stereocenters. The van der Waals surface area contributed by atoms with Crippen LogP contribution in [0.25, 0.3) is 0 Å². The monoisotopic (exact) mass is 405 g/mol. The first-order valence-electron chi connectivity index (χ1n) is 7.95. The molecule has 2 aromatic rings. The van der Waals surface area contributed by atoms with Crippen molar-refractivity contribution >= 4 is 21.8 Å². The smallest absolute Gasteiger partial charge is 0.275 e. The van der Waals surface area contributed by atoms with Gasteiger partial charge in [-0.2, -0.15) is 0 Å². The number of nitrogens with one attached hydrogen (secondary N) is 1. The Bertz CT molecular complexity index is 766. The number of ether oxygens (including phenoxy) is 2. The highest BCUT2D eigenvalue weighted by Gasteiger charge is 2.40. The fourth-order valence-corrected chi connectivity index (χ4v) is 3.47. The van der Waals surface area contributed by atoms with Crippen molar-refractivity contribution < 1.29 is 19.1 Å². The lowest BCUT2D eigenvalue weighted by molar-refractivity contribution is 0.0525. The van der Waals surface area contributed by atoms with Gasteiger partial charge in [0.15, 0.2) is 0 Å². The zero-order chi connectivity index (χ0) is 17.9. The van der Waals surface area contributed by atoms with E-state index in [2.05, 4.69) is 21.4 Å². The standard InChI is InChI=1S/C19H20BrNO4/c1-19(11-24-10-13-6-4-3-5-7-13)12-25-16-9-14(20)8-15(17(16)19)18(22)21-23-2/h3-9H,10-12H2,1-2H3,(H,21,22)/t19-/m1/s1. The Morgan fingerprint density at radius 1 is 1.32 bits per heavy atom. The normalized spacial score (nSPS) is 18.5. The van der Waals surface area contributed by atoms with E-state index in [1.54, 1.807) is 6.07 Å². The number of rotatable bonds is 6. The number of carbonyl (C=O) groups excluding carboxylic acids is 1. The van der Waals surface area contributed by atoms with E-state index in [-0.39, 0.29) is 5.91 Å². The lowest BCUT2D eigenvalue weighted by Crippen LogP contribution is -2.33. The molecule has 0 saturated carbocycles. The average molecular weight is 406 g/mol. The molecule has 25 heavy (non-hydrogen) atoms. The maximum Gasteiger partial charge on any atom is 0.275 e. The van der Waals surface area contributed by atoms with Gasteiger partial charge in [0.05, 0.1) is 37.9 Å². The summed E-state index contributed by atoms with van der Waals surface area (Å²) in [6, 6.07) is 13.6. The van der Waals surface area contributed by atoms with Crippen LogP contribution in [0.15, 0.2) is 46.9 Å². The van der Waals surface area contributed by atoms with Gasteiger partial charge in [-0.15, -0.1) is 0 Å². The fourth-order valence-electron chi connectivity index (χ4n) is 3.04. The second-order valence-electron chi connectivity index (χ2n) is 6.29. The van der Waals surface area contributed by atoms with Crippen LogP contribution in [0.3, 0.4) is 0 Å². The van der Waals surface area contributed by atoms with Gasteiger partial charge in [-0.3, -0.25) is 9.63 Å². The van der Waals surface area contributed by atoms with E-state index in [4.69, 9.17) is 14.3 Å². The topological polar surface area (TPSA) is 56.8 Å². The highest BCUT2D eigenvalue weighted by molar-refractivity contribution is 9.10. The van der Waals surface area contributed by atoms with Gasteiger partial charge in [0.1, 0.15) is 5.75 Å². The zero-order valence-electron chi connectivity index (χ0n) is 14.2. The first-order chi connectivity index (χ1) is 12.0. The molecule has 0 aliphatic carbocycles. The van der Waals surface area contributed by atoms with Gasteiger partial charge in [-0.1, -0.05) is 46.3 Å². The van der Waals surface area contributed by atoms with E-state index < -0.39 is 5.41 Å². The summed E-state index contributed by atoms with van der Waals surface area (Å²) in [5.41, 5.74) is 4.45. The molecule has 5 nitrogen and oxygen atoms in total. The van der Waals surface area contributed by atoms with Gasteiger partial charge >= 0.3 is 0 Å². The minimum atomic E-state index is -0.411. The van der Waals surface area contributed by atoms with Crippen LogP contribution in [0.4, 0.5) is 0 Å². The zero-order valence-corrected chi connectivity index (χ0v) is 15.8. The average Bonchev–Trinajstić information content (AvgIpc) is 2.92. The number of carbonyl (C=O) groups is 1. The van der Waals surface area contributed by atoms with Crippen molar-refractivity contribution in [1.82, 2.24) is 5.48 Å². The molecule has 0 aromatic heterocycles. The molecule has 1 aliphatic heterocycles. The molecule has 2 aromatic carbocycles. The molecule has 0 radical (unpaired) electrons. The van der Waals surface area contributed by atoms with Crippen LogP contribution in [0.1, 0.15) is 28.4 Å². The van der Waals surface area contributed by atoms with Crippen molar-refractivity contribution in [3.63, 3.8) is 0 Å². The van der Waals surface area contributed by atoms with Crippen LogP contribution < -0.4 is 10.2 Å². The number of halogens is 1. The van der Waals surface area contributed by atoms with Crippen molar-refractivity contribution in [2.45, 2.75) is 18.9 Å². The van der Waals surface area contributed by atoms with Crippen LogP contribution in [-0.2, 0) is 21.6 Å². The van der Waals surface area contributed by atoms with Gasteiger partial charge in [-0.25, -0.2) is 5.48 Å². The van der Waals surface area contributed by atoms with Gasteiger partial charge in [0.2, 0.25) is 0 Å². The molecule has 1 amide bonds. The highest BCUT2D eigenvalue weighted by atomic mass is 79.9. The maximum atomic E-state index is 12.4. The molecule has 1 aliphatic rings. The number of amides is 1. The Hall–Kier alpha value is -1.89. The first-order valence-corrected chi connectivity index (χ1v) is 8.74. The molecule has 0 unspecified atom stereocenters. The Kier molecular flexibility index (Phi) is 5.42. The number of benzene rings is 2. The summed E-state index contributed by atoms with van der Waals surface area (Å²) in [7, 11) is 1.41.